The highest BCUT2D eigenvalue weighted by Crippen LogP contribution is 2.32. The number of carboxylic acid groups (broad SMARTS) is 1. The molecule has 1 heterocycles. The Labute approximate surface area is 120 Å². The molecule has 8 nitrogen and oxygen atoms in total. The van der Waals surface area contributed by atoms with Gasteiger partial charge in [0.1, 0.15) is 12.6 Å². The molecule has 8 heteroatoms. The maximum atomic E-state index is 12.1. The number of nitrogens with one attached hydrogen (secondary N) is 1. The van der Waals surface area contributed by atoms with Crippen LogP contribution in [0.3, 0.4) is 0 Å². The first-order chi connectivity index (χ1) is 10.0. The predicted octanol–water partition coefficient (Wildman–Crippen LogP) is 0.307. The number of hydrogen-bond donors (Lipinski definition) is 3. The Bertz CT molecular complexity index is 575. The number of nitrogens with zero attached hydrogens (tertiary/aromatic N) is 1. The Hall–Kier alpha value is -2.77. The first-order valence-electron chi connectivity index (χ1n) is 6.30. The Morgan fingerprint density at radius 1 is 1.38 bits per heavy atom. The number of amides is 3. The zero-order valence-corrected chi connectivity index (χ0v) is 11.1. The van der Waals surface area contributed by atoms with Gasteiger partial charge in [-0.1, -0.05) is 18.2 Å². The summed E-state index contributed by atoms with van der Waals surface area (Å²) in [7, 11) is 0. The summed E-state index contributed by atoms with van der Waals surface area (Å²) in [6.45, 7) is -0.0267. The molecule has 0 radical (unpaired) electrons. The summed E-state index contributed by atoms with van der Waals surface area (Å²) in [4.78, 5) is 35.0. The van der Waals surface area contributed by atoms with Crippen molar-refractivity contribution < 1.29 is 24.2 Å². The van der Waals surface area contributed by atoms with Crippen LogP contribution in [0.25, 0.3) is 0 Å². The smallest absolute Gasteiger partial charge is 0.404 e. The largest absolute Gasteiger partial charge is 0.480 e. The highest BCUT2D eigenvalue weighted by molar-refractivity contribution is 6.01. The molecular formula is C13H15N3O5. The fourth-order valence-electron chi connectivity index (χ4n) is 2.23. The minimum Gasteiger partial charge on any atom is -0.480 e. The number of fused-ring (bicyclic) bond motifs is 1. The number of ether oxygens (including phenoxy) is 1. The van der Waals surface area contributed by atoms with Crippen molar-refractivity contribution in [2.45, 2.75) is 12.5 Å². The molecule has 4 N–H and O–H groups in total. The summed E-state index contributed by atoms with van der Waals surface area (Å²) in [5, 5.41) is 11.7. The second-order valence-electron chi connectivity index (χ2n) is 4.46. The van der Waals surface area contributed by atoms with Gasteiger partial charge in [-0.15, -0.1) is 0 Å². The third-order valence-electron chi connectivity index (χ3n) is 3.10. The molecule has 1 atom stereocenters. The lowest BCUT2D eigenvalue weighted by atomic mass is 10.1. The molecule has 3 amide bonds. The van der Waals surface area contributed by atoms with Crippen LogP contribution in [-0.2, 0) is 16.0 Å². The van der Waals surface area contributed by atoms with Gasteiger partial charge in [0.25, 0.3) is 0 Å². The number of rotatable bonds is 4. The van der Waals surface area contributed by atoms with E-state index in [1.54, 1.807) is 24.3 Å². The van der Waals surface area contributed by atoms with Crippen molar-refractivity contribution in [1.29, 1.82) is 0 Å². The van der Waals surface area contributed by atoms with E-state index in [9.17, 15) is 19.5 Å². The van der Waals surface area contributed by atoms with Crippen LogP contribution < -0.4 is 16.0 Å². The van der Waals surface area contributed by atoms with Crippen LogP contribution in [-0.4, -0.2) is 42.4 Å². The number of benzene rings is 1. The van der Waals surface area contributed by atoms with Crippen molar-refractivity contribution in [3.05, 3.63) is 29.8 Å². The predicted molar refractivity (Wildman–Crippen MR) is 73.0 cm³/mol. The molecule has 0 bridgehead atoms. The Kier molecular flexibility index (Phi) is 4.27. The van der Waals surface area contributed by atoms with Gasteiger partial charge in [0, 0.05) is 12.1 Å². The number of para-hydroxylation sites is 1. The summed E-state index contributed by atoms with van der Waals surface area (Å²) < 4.78 is 4.49. The number of carboxylic acids is 1. The lowest BCUT2D eigenvalue weighted by molar-refractivity contribution is -0.138. The van der Waals surface area contributed by atoms with Gasteiger partial charge in [0.2, 0.25) is 0 Å². The van der Waals surface area contributed by atoms with Gasteiger partial charge in [-0.25, -0.2) is 14.4 Å². The molecule has 0 spiro atoms. The topological polar surface area (TPSA) is 122 Å². The molecule has 1 aromatic rings. The first-order valence-corrected chi connectivity index (χ1v) is 6.30. The third kappa shape index (κ3) is 3.22. The molecule has 0 saturated heterocycles. The van der Waals surface area contributed by atoms with E-state index in [2.05, 4.69) is 10.1 Å². The number of urea groups is 1. The normalized spacial score (nSPS) is 16.2. The quantitative estimate of drug-likeness (QED) is 0.689. The van der Waals surface area contributed by atoms with E-state index in [1.165, 1.54) is 4.90 Å². The number of primary amides is 1. The summed E-state index contributed by atoms with van der Waals surface area (Å²) >= 11 is 0. The lowest BCUT2D eigenvalue weighted by Gasteiger charge is -2.22. The second-order valence-corrected chi connectivity index (χ2v) is 4.46. The molecule has 0 aliphatic carbocycles. The standard InChI is InChI=1S/C13H15N3O5/c14-12(19)21-6-5-15-13(20)16-9-4-2-1-3-8(9)7-10(16)11(17)18/h1-4,10H,5-7H2,(H2,14,19)(H,15,20)(H,17,18)/t10-/m0/s1. The van der Waals surface area contributed by atoms with Gasteiger partial charge in [0.05, 0.1) is 6.54 Å². The molecule has 0 unspecified atom stereocenters. The fraction of sp³-hybridized carbons (Fsp3) is 0.308. The summed E-state index contributed by atoms with van der Waals surface area (Å²) in [5.74, 6) is -1.07. The zero-order valence-electron chi connectivity index (χ0n) is 11.1. The fourth-order valence-corrected chi connectivity index (χ4v) is 2.23. The van der Waals surface area contributed by atoms with Crippen molar-refractivity contribution in [3.8, 4) is 0 Å². The number of carbonyl (C=O) groups excluding carboxylic acids is 2. The minimum atomic E-state index is -1.07. The van der Waals surface area contributed by atoms with Gasteiger partial charge >= 0.3 is 18.1 Å². The van der Waals surface area contributed by atoms with Gasteiger partial charge < -0.3 is 20.9 Å². The van der Waals surface area contributed by atoms with Crippen LogP contribution in [0.1, 0.15) is 5.56 Å². The first kappa shape index (κ1) is 14.6. The average molecular weight is 293 g/mol. The minimum absolute atomic E-state index is 0.0484. The van der Waals surface area contributed by atoms with E-state index in [0.717, 1.165) is 5.56 Å². The Balaban J connectivity index is 2.06. The van der Waals surface area contributed by atoms with Gasteiger partial charge in [-0.2, -0.15) is 0 Å². The van der Waals surface area contributed by atoms with Gasteiger partial charge in [-0.3, -0.25) is 4.90 Å². The van der Waals surface area contributed by atoms with Crippen molar-refractivity contribution in [2.75, 3.05) is 18.1 Å². The highest BCUT2D eigenvalue weighted by Gasteiger charge is 2.38. The summed E-state index contributed by atoms with van der Waals surface area (Å²) in [5.41, 5.74) is 6.16. The van der Waals surface area contributed by atoms with E-state index in [-0.39, 0.29) is 19.6 Å². The maximum Gasteiger partial charge on any atom is 0.404 e. The summed E-state index contributed by atoms with van der Waals surface area (Å²) in [6, 6.07) is 5.51. The van der Waals surface area contributed by atoms with Crippen molar-refractivity contribution in [1.82, 2.24) is 5.32 Å². The van der Waals surface area contributed by atoms with E-state index in [4.69, 9.17) is 5.73 Å². The number of hydrogen-bond acceptors (Lipinski definition) is 4. The van der Waals surface area contributed by atoms with E-state index in [1.807, 2.05) is 0 Å². The molecule has 0 aromatic heterocycles. The van der Waals surface area contributed by atoms with E-state index < -0.39 is 24.1 Å². The number of nitrogens with two attached hydrogens (primary N) is 1. The van der Waals surface area contributed by atoms with Crippen LogP contribution in [0.4, 0.5) is 15.3 Å². The molecule has 21 heavy (non-hydrogen) atoms. The average Bonchev–Trinajstić information content (AvgIpc) is 2.83. The molecule has 1 aliphatic rings. The van der Waals surface area contributed by atoms with Gasteiger partial charge in [-0.05, 0) is 11.6 Å². The highest BCUT2D eigenvalue weighted by atomic mass is 16.5. The Morgan fingerprint density at radius 3 is 2.76 bits per heavy atom. The SMILES string of the molecule is NC(=O)OCCNC(=O)N1c2ccccc2C[C@H]1C(=O)O. The molecular weight excluding hydrogens is 278 g/mol. The second kappa shape index (κ2) is 6.12. The number of carbonyl (C=O) groups is 3. The zero-order chi connectivity index (χ0) is 15.4. The Morgan fingerprint density at radius 2 is 2.10 bits per heavy atom. The molecule has 0 fully saturated rings. The van der Waals surface area contributed by atoms with Crippen molar-refractivity contribution in [3.63, 3.8) is 0 Å². The van der Waals surface area contributed by atoms with E-state index in [0.29, 0.717) is 5.69 Å². The third-order valence-corrected chi connectivity index (χ3v) is 3.10. The van der Waals surface area contributed by atoms with Crippen LogP contribution in [0, 0.1) is 0 Å². The molecule has 112 valence electrons. The molecule has 2 rings (SSSR count). The molecule has 0 saturated carbocycles. The van der Waals surface area contributed by atoms with Gasteiger partial charge in [0.15, 0.2) is 0 Å². The van der Waals surface area contributed by atoms with Crippen molar-refractivity contribution in [2.24, 2.45) is 5.73 Å². The van der Waals surface area contributed by atoms with E-state index >= 15 is 0 Å². The lowest BCUT2D eigenvalue weighted by Crippen LogP contribution is -2.48. The molecule has 1 aromatic carbocycles. The number of anilines is 1. The van der Waals surface area contributed by atoms with Crippen LogP contribution >= 0.6 is 0 Å². The van der Waals surface area contributed by atoms with Crippen LogP contribution in [0.2, 0.25) is 0 Å². The summed E-state index contributed by atoms with van der Waals surface area (Å²) in [6.07, 6.45) is -0.671. The van der Waals surface area contributed by atoms with Crippen molar-refractivity contribution >= 4 is 23.8 Å². The molecule has 1 aliphatic heterocycles. The monoisotopic (exact) mass is 293 g/mol. The van der Waals surface area contributed by atoms with Crippen LogP contribution in [0.5, 0.6) is 0 Å². The number of aliphatic carboxylic acids is 1. The maximum absolute atomic E-state index is 12.1. The van der Waals surface area contributed by atoms with Crippen LogP contribution in [0.15, 0.2) is 24.3 Å².